The number of carbonyl (C=O) groups is 2. The van der Waals surface area contributed by atoms with Gasteiger partial charge in [-0.25, -0.2) is 23.4 Å². The first kappa shape index (κ1) is 45.2. The Bertz CT molecular complexity index is 1700. The Morgan fingerprint density at radius 3 is 2.41 bits per heavy atom. The average Bonchev–Trinajstić information content (AvgIpc) is 3.70. The second kappa shape index (κ2) is 20.3. The lowest BCUT2D eigenvalue weighted by molar-refractivity contribution is -0.289. The summed E-state index contributed by atoms with van der Waals surface area (Å²) in [6, 6.07) is -0.491. The van der Waals surface area contributed by atoms with Gasteiger partial charge < -0.3 is 66.3 Å². The van der Waals surface area contributed by atoms with Crippen molar-refractivity contribution in [2.24, 2.45) is 0 Å². The highest BCUT2D eigenvalue weighted by Crippen LogP contribution is 2.51. The minimum Gasteiger partial charge on any atom is -0.477 e. The number of aromatic nitrogens is 5. The van der Waals surface area contributed by atoms with Gasteiger partial charge in [-0.15, -0.1) is 5.10 Å². The third-order valence-electron chi connectivity index (χ3n) is 9.25. The molecule has 0 bridgehead atoms. The fourth-order valence-electron chi connectivity index (χ4n) is 6.29. The van der Waals surface area contributed by atoms with E-state index in [9.17, 15) is 59.6 Å². The lowest BCUT2D eigenvalue weighted by atomic mass is 9.88. The second-order valence-electron chi connectivity index (χ2n) is 13.5. The number of nitrogens with two attached hydrogens (primary N) is 1. The van der Waals surface area contributed by atoms with Crippen LogP contribution < -0.4 is 16.7 Å². The van der Waals surface area contributed by atoms with Crippen molar-refractivity contribution < 1.29 is 78.4 Å². The highest BCUT2D eigenvalue weighted by molar-refractivity contribution is 7.47. The summed E-state index contributed by atoms with van der Waals surface area (Å²) in [5.41, 5.74) is 5.11. The topological polar surface area (TPSA) is 374 Å². The van der Waals surface area contributed by atoms with E-state index in [1.807, 2.05) is 0 Å². The van der Waals surface area contributed by atoms with Gasteiger partial charge in [0.25, 0.3) is 5.79 Å². The number of nitrogen functional groups attached to an aromatic ring is 1. The SMILES string of the molecule is Nc1ccn([C@@H]2O[C@H](COP(=O)(O)O[C@@]3(C(=O)O)C[C@H](O)[C@@H](NC(=O)Cn4cc(CCCCCCCCCO)nn4)[C@H]([C@H](O)[C@H](O)CO)O3)[C@@H](O)[C@H]2O)c(=O)n1. The van der Waals surface area contributed by atoms with Crippen LogP contribution in [0.4, 0.5) is 5.82 Å². The van der Waals surface area contributed by atoms with Gasteiger partial charge in [0.05, 0.1) is 31.1 Å². The summed E-state index contributed by atoms with van der Waals surface area (Å²) < 4.78 is 35.7. The molecule has 11 atom stereocenters. The molecule has 2 fully saturated rings. The second-order valence-corrected chi connectivity index (χ2v) is 14.9. The van der Waals surface area contributed by atoms with Crippen LogP contribution in [0.25, 0.3) is 0 Å². The summed E-state index contributed by atoms with van der Waals surface area (Å²) in [6.45, 7) is -2.41. The fourth-order valence-corrected chi connectivity index (χ4v) is 7.25. The molecular formula is C31H50N7O17P. The van der Waals surface area contributed by atoms with Crippen LogP contribution >= 0.6 is 7.82 Å². The number of ether oxygens (including phenoxy) is 2. The number of anilines is 1. The highest BCUT2D eigenvalue weighted by atomic mass is 31.2. The molecule has 0 aliphatic carbocycles. The number of rotatable bonds is 22. The van der Waals surface area contributed by atoms with Crippen LogP contribution in [0, 0.1) is 0 Å². The largest absolute Gasteiger partial charge is 0.477 e. The molecule has 56 heavy (non-hydrogen) atoms. The number of phosphoric ester groups is 1. The number of aryl methyl sites for hydroxylation is 1. The Morgan fingerprint density at radius 1 is 1.09 bits per heavy atom. The minimum absolute atomic E-state index is 0.144. The van der Waals surface area contributed by atoms with Crippen LogP contribution in [0.3, 0.4) is 0 Å². The van der Waals surface area contributed by atoms with Gasteiger partial charge in [0.1, 0.15) is 49.0 Å². The molecule has 0 aromatic carbocycles. The fraction of sp³-hybridized carbons (Fsp3) is 0.742. The number of unbranched alkanes of at least 4 members (excludes halogenated alkanes) is 6. The van der Waals surface area contributed by atoms with Crippen LogP contribution in [0.5, 0.6) is 0 Å². The quantitative estimate of drug-likeness (QED) is 0.0401. The molecule has 1 amide bonds. The van der Waals surface area contributed by atoms with Gasteiger partial charge >= 0.3 is 19.5 Å². The van der Waals surface area contributed by atoms with Gasteiger partial charge in [-0.1, -0.05) is 37.3 Å². The third-order valence-corrected chi connectivity index (χ3v) is 10.3. The van der Waals surface area contributed by atoms with Gasteiger partial charge in [-0.05, 0) is 25.3 Å². The Morgan fingerprint density at radius 2 is 1.77 bits per heavy atom. The van der Waals surface area contributed by atoms with Crippen molar-refractivity contribution in [3.05, 3.63) is 34.6 Å². The zero-order valence-corrected chi connectivity index (χ0v) is 31.1. The van der Waals surface area contributed by atoms with E-state index in [0.29, 0.717) is 12.1 Å². The number of amides is 1. The van der Waals surface area contributed by atoms with Gasteiger partial charge in [0.2, 0.25) is 5.91 Å². The predicted molar refractivity (Wildman–Crippen MR) is 186 cm³/mol. The van der Waals surface area contributed by atoms with E-state index in [-0.39, 0.29) is 12.4 Å². The Labute approximate surface area is 319 Å². The molecule has 2 saturated heterocycles. The maximum absolute atomic E-state index is 13.1. The smallest absolute Gasteiger partial charge is 0.475 e. The normalized spacial score (nSPS) is 28.8. The molecule has 12 N–H and O–H groups in total. The number of carboxylic acid groups (broad SMARTS) is 1. The van der Waals surface area contributed by atoms with Crippen LogP contribution in [-0.4, -0.2) is 157 Å². The number of aliphatic carboxylic acids is 1. The van der Waals surface area contributed by atoms with Crippen LogP contribution in [0.15, 0.2) is 23.3 Å². The first-order valence-corrected chi connectivity index (χ1v) is 19.4. The van der Waals surface area contributed by atoms with Crippen LogP contribution in [0.1, 0.15) is 63.3 Å². The van der Waals surface area contributed by atoms with E-state index < -0.39 is 112 Å². The standard InChI is InChI=1S/C31H50N7O17P/c32-21-9-10-38(30(49)33-21)28-26(46)25(45)20(53-28)16-52-56(50,51)55-31(29(47)48)12-18(41)23(27(54-31)24(44)19(42)15-40)34-22(43)14-37-13-17(35-36-37)8-6-4-2-1-3-5-7-11-39/h9-10,13,18-20,23-28,39-42,44-46H,1-8,11-12,14-16H2,(H,34,43)(H,47,48)(H,50,51)(H2,32,33,49)/t18-,19+,20+,23+,24+,25+,26+,27+,28+,31+/m0/s1. The van der Waals surface area contributed by atoms with Crippen molar-refractivity contribution >= 4 is 25.5 Å². The summed E-state index contributed by atoms with van der Waals surface area (Å²) in [7, 11) is -5.60. The molecule has 0 spiro atoms. The molecule has 1 unspecified atom stereocenters. The molecule has 24 nitrogen and oxygen atoms in total. The Hall–Kier alpha value is -3.49. The van der Waals surface area contributed by atoms with Gasteiger partial charge in [0, 0.05) is 25.4 Å². The number of nitrogens with one attached hydrogen (secondary N) is 1. The summed E-state index contributed by atoms with van der Waals surface area (Å²) in [5, 5.41) is 91.9. The summed E-state index contributed by atoms with van der Waals surface area (Å²) in [5.74, 6) is -6.38. The van der Waals surface area contributed by atoms with E-state index in [4.69, 9.17) is 29.4 Å². The molecule has 316 valence electrons. The lowest BCUT2D eigenvalue weighted by Crippen LogP contribution is -2.68. The first-order chi connectivity index (χ1) is 26.5. The number of carboxylic acids is 1. The van der Waals surface area contributed by atoms with Gasteiger partial charge in [-0.2, -0.15) is 4.98 Å². The molecule has 4 heterocycles. The zero-order valence-electron chi connectivity index (χ0n) is 30.2. The minimum atomic E-state index is -5.60. The average molecular weight is 824 g/mol. The van der Waals surface area contributed by atoms with Crippen molar-refractivity contribution in [2.75, 3.05) is 25.6 Å². The van der Waals surface area contributed by atoms with E-state index in [2.05, 4.69) is 20.6 Å². The number of hydrogen-bond donors (Lipinski definition) is 11. The zero-order chi connectivity index (χ0) is 41.2. The molecule has 2 aromatic heterocycles. The molecule has 4 rings (SSSR count). The number of hydrogen-bond acceptors (Lipinski definition) is 19. The Kier molecular flexibility index (Phi) is 16.4. The maximum atomic E-state index is 13.1. The van der Waals surface area contributed by atoms with Crippen molar-refractivity contribution in [2.45, 2.75) is 125 Å². The monoisotopic (exact) mass is 823 g/mol. The maximum Gasteiger partial charge on any atom is 0.475 e. The molecule has 0 radical (unpaired) electrons. The Balaban J connectivity index is 1.39. The van der Waals surface area contributed by atoms with Crippen molar-refractivity contribution in [1.29, 1.82) is 0 Å². The number of aliphatic hydroxyl groups is 7. The van der Waals surface area contributed by atoms with Gasteiger partial charge in [0.15, 0.2) is 6.23 Å². The lowest BCUT2D eigenvalue weighted by Gasteiger charge is -2.46. The van der Waals surface area contributed by atoms with Crippen LogP contribution in [-0.2, 0) is 45.6 Å². The van der Waals surface area contributed by atoms with E-state index >= 15 is 0 Å². The summed E-state index contributed by atoms with van der Waals surface area (Å²) in [6.07, 6.45) is -6.39. The van der Waals surface area contributed by atoms with E-state index in [1.165, 1.54) is 16.9 Å². The highest BCUT2D eigenvalue weighted by Gasteiger charge is 2.59. The predicted octanol–water partition coefficient (Wildman–Crippen LogP) is -3.73. The number of nitrogens with zero attached hydrogens (tertiary/aromatic N) is 5. The van der Waals surface area contributed by atoms with E-state index in [0.717, 1.165) is 55.7 Å². The first-order valence-electron chi connectivity index (χ1n) is 17.9. The van der Waals surface area contributed by atoms with Crippen molar-refractivity contribution in [1.82, 2.24) is 29.9 Å². The number of phosphoric acid groups is 1. The van der Waals surface area contributed by atoms with Crippen molar-refractivity contribution in [3.8, 4) is 0 Å². The van der Waals surface area contributed by atoms with Crippen molar-refractivity contribution in [3.63, 3.8) is 0 Å². The molecule has 0 saturated carbocycles. The molecular weight excluding hydrogens is 773 g/mol. The summed E-state index contributed by atoms with van der Waals surface area (Å²) >= 11 is 0. The third kappa shape index (κ3) is 11.8. The molecule has 2 aromatic rings. The molecule has 2 aliphatic heterocycles. The molecule has 2 aliphatic rings. The van der Waals surface area contributed by atoms with Gasteiger partial charge in [-0.3, -0.25) is 13.9 Å². The summed E-state index contributed by atoms with van der Waals surface area (Å²) in [4.78, 5) is 51.9. The van der Waals surface area contributed by atoms with E-state index in [1.54, 1.807) is 0 Å². The van der Waals surface area contributed by atoms with Crippen LogP contribution in [0.2, 0.25) is 0 Å². The number of carbonyl (C=O) groups excluding carboxylic acids is 1. The molecule has 25 heteroatoms. The number of aliphatic hydroxyl groups excluding tert-OH is 7.